The van der Waals surface area contributed by atoms with E-state index in [1.54, 1.807) is 0 Å². The highest BCUT2D eigenvalue weighted by Gasteiger charge is 2.25. The third kappa shape index (κ3) is 1.90. The monoisotopic (exact) mass is 237 g/mol. The van der Waals surface area contributed by atoms with Gasteiger partial charge >= 0.3 is 0 Å². The molecule has 0 aromatic heterocycles. The number of hydrogen-bond donors (Lipinski definition) is 1. The van der Waals surface area contributed by atoms with Gasteiger partial charge in [0.25, 0.3) is 0 Å². The van der Waals surface area contributed by atoms with Gasteiger partial charge in [-0.2, -0.15) is 0 Å². The number of benzene rings is 2. The van der Waals surface area contributed by atoms with E-state index in [1.807, 2.05) is 43.3 Å². The molecule has 1 atom stereocenters. The molecular weight excluding hydrogens is 222 g/mol. The second-order valence-corrected chi connectivity index (χ2v) is 4.78. The second-order valence-electron chi connectivity index (χ2n) is 4.78. The van der Waals surface area contributed by atoms with E-state index in [-0.39, 0.29) is 11.8 Å². The van der Waals surface area contributed by atoms with Crippen LogP contribution in [0, 0.1) is 6.92 Å². The highest BCUT2D eigenvalue weighted by Crippen LogP contribution is 2.32. The highest BCUT2D eigenvalue weighted by atomic mass is 16.1. The molecular formula is C16H15NO. The van der Waals surface area contributed by atoms with Gasteiger partial charge in [-0.25, -0.2) is 0 Å². The number of ketones is 1. The molecule has 0 saturated heterocycles. The molecule has 2 aromatic rings. The molecule has 2 aromatic carbocycles. The first-order valence-corrected chi connectivity index (χ1v) is 6.19. The summed E-state index contributed by atoms with van der Waals surface area (Å²) < 4.78 is 0. The van der Waals surface area contributed by atoms with Crippen molar-refractivity contribution in [2.24, 2.45) is 0 Å². The summed E-state index contributed by atoms with van der Waals surface area (Å²) in [6.07, 6.45) is 0.528. The fourth-order valence-corrected chi connectivity index (χ4v) is 2.44. The summed E-state index contributed by atoms with van der Waals surface area (Å²) in [6.45, 7) is 2.04. The minimum Gasteiger partial charge on any atom is -0.377 e. The van der Waals surface area contributed by atoms with Gasteiger partial charge in [-0.1, -0.05) is 36.4 Å². The Morgan fingerprint density at radius 1 is 1.11 bits per heavy atom. The summed E-state index contributed by atoms with van der Waals surface area (Å²) in [5, 5.41) is 3.46. The third-order valence-corrected chi connectivity index (χ3v) is 3.40. The lowest BCUT2D eigenvalue weighted by Gasteiger charge is -2.26. The van der Waals surface area contributed by atoms with Crippen LogP contribution in [0.5, 0.6) is 0 Å². The molecule has 1 aliphatic heterocycles. The Balaban J connectivity index is 1.98. The molecule has 3 rings (SSSR count). The van der Waals surface area contributed by atoms with Gasteiger partial charge in [-0.05, 0) is 30.2 Å². The number of carbonyl (C=O) groups excluding carboxylic acids is 1. The van der Waals surface area contributed by atoms with E-state index in [4.69, 9.17) is 0 Å². The van der Waals surface area contributed by atoms with E-state index < -0.39 is 0 Å². The SMILES string of the molecule is Cc1ccc2c(c1)NC(c1ccccc1)CC2=O. The van der Waals surface area contributed by atoms with Gasteiger partial charge in [0.1, 0.15) is 0 Å². The maximum atomic E-state index is 12.1. The van der Waals surface area contributed by atoms with Crippen LogP contribution in [0.3, 0.4) is 0 Å². The topological polar surface area (TPSA) is 29.1 Å². The number of Topliss-reactive ketones (excluding diaryl/α,β-unsaturated/α-hetero) is 1. The average molecular weight is 237 g/mol. The molecule has 0 radical (unpaired) electrons. The Kier molecular flexibility index (Phi) is 2.63. The Bertz CT molecular complexity index is 589. The number of fused-ring (bicyclic) bond motifs is 1. The molecule has 1 N–H and O–H groups in total. The first-order chi connectivity index (χ1) is 8.74. The van der Waals surface area contributed by atoms with Crippen LogP contribution < -0.4 is 5.32 Å². The summed E-state index contributed by atoms with van der Waals surface area (Å²) in [5.74, 6) is 0.220. The van der Waals surface area contributed by atoms with Crippen LogP contribution in [0.25, 0.3) is 0 Å². The van der Waals surface area contributed by atoms with Crippen molar-refractivity contribution in [3.05, 3.63) is 65.2 Å². The van der Waals surface area contributed by atoms with Gasteiger partial charge in [-0.15, -0.1) is 0 Å². The largest absolute Gasteiger partial charge is 0.377 e. The molecule has 0 aliphatic carbocycles. The number of hydrogen-bond acceptors (Lipinski definition) is 2. The zero-order chi connectivity index (χ0) is 12.5. The van der Waals surface area contributed by atoms with Crippen molar-refractivity contribution in [2.75, 3.05) is 5.32 Å². The van der Waals surface area contributed by atoms with Crippen molar-refractivity contribution in [3.8, 4) is 0 Å². The van der Waals surface area contributed by atoms with Gasteiger partial charge in [0.15, 0.2) is 5.78 Å². The number of aryl methyl sites for hydroxylation is 1. The molecule has 1 heterocycles. The normalized spacial score (nSPS) is 18.1. The zero-order valence-corrected chi connectivity index (χ0v) is 10.3. The minimum atomic E-state index is 0.0907. The van der Waals surface area contributed by atoms with E-state index in [2.05, 4.69) is 17.4 Å². The molecule has 2 nitrogen and oxygen atoms in total. The van der Waals surface area contributed by atoms with E-state index in [9.17, 15) is 4.79 Å². The molecule has 18 heavy (non-hydrogen) atoms. The summed E-state index contributed by atoms with van der Waals surface area (Å²) in [6, 6.07) is 16.2. The van der Waals surface area contributed by atoms with Crippen molar-refractivity contribution in [3.63, 3.8) is 0 Å². The van der Waals surface area contributed by atoms with Gasteiger partial charge in [-0.3, -0.25) is 4.79 Å². The average Bonchev–Trinajstić information content (AvgIpc) is 2.39. The van der Waals surface area contributed by atoms with Crippen LogP contribution in [0.2, 0.25) is 0 Å². The number of nitrogens with one attached hydrogen (secondary N) is 1. The lowest BCUT2D eigenvalue weighted by atomic mass is 9.92. The van der Waals surface area contributed by atoms with Crippen LogP contribution >= 0.6 is 0 Å². The first kappa shape index (κ1) is 11.0. The Morgan fingerprint density at radius 2 is 1.89 bits per heavy atom. The van der Waals surface area contributed by atoms with Crippen molar-refractivity contribution in [1.82, 2.24) is 0 Å². The molecule has 0 fully saturated rings. The van der Waals surface area contributed by atoms with Crippen molar-refractivity contribution in [2.45, 2.75) is 19.4 Å². The molecule has 0 amide bonds. The highest BCUT2D eigenvalue weighted by molar-refractivity contribution is 6.03. The summed E-state index contributed by atoms with van der Waals surface area (Å²) in [5.41, 5.74) is 4.11. The summed E-state index contributed by atoms with van der Waals surface area (Å²) >= 11 is 0. The second kappa shape index (κ2) is 4.30. The van der Waals surface area contributed by atoms with Crippen LogP contribution in [-0.4, -0.2) is 5.78 Å². The zero-order valence-electron chi connectivity index (χ0n) is 10.3. The van der Waals surface area contributed by atoms with E-state index in [0.29, 0.717) is 6.42 Å². The maximum Gasteiger partial charge on any atom is 0.167 e. The van der Waals surface area contributed by atoms with Gasteiger partial charge in [0.2, 0.25) is 0 Å². The molecule has 1 aliphatic rings. The molecule has 0 spiro atoms. The lowest BCUT2D eigenvalue weighted by Crippen LogP contribution is -2.22. The standard InChI is InChI=1S/C16H15NO/c1-11-7-8-13-15(9-11)17-14(10-16(13)18)12-5-3-2-4-6-12/h2-9,14,17H,10H2,1H3. The fourth-order valence-electron chi connectivity index (χ4n) is 2.44. The van der Waals surface area contributed by atoms with Crippen LogP contribution in [0.1, 0.15) is 33.9 Å². The Hall–Kier alpha value is -2.09. The lowest BCUT2D eigenvalue weighted by molar-refractivity contribution is 0.0972. The van der Waals surface area contributed by atoms with Crippen LogP contribution in [-0.2, 0) is 0 Å². The number of anilines is 1. The molecule has 0 saturated carbocycles. The number of carbonyl (C=O) groups is 1. The summed E-state index contributed by atoms with van der Waals surface area (Å²) in [4.78, 5) is 12.1. The maximum absolute atomic E-state index is 12.1. The van der Waals surface area contributed by atoms with Gasteiger partial charge < -0.3 is 5.32 Å². The predicted molar refractivity (Wildman–Crippen MR) is 72.9 cm³/mol. The smallest absolute Gasteiger partial charge is 0.167 e. The predicted octanol–water partition coefficient (Wildman–Crippen LogP) is 3.73. The van der Waals surface area contributed by atoms with Gasteiger partial charge in [0, 0.05) is 17.7 Å². The Labute approximate surface area is 107 Å². The van der Waals surface area contributed by atoms with Crippen molar-refractivity contribution >= 4 is 11.5 Å². The number of rotatable bonds is 1. The molecule has 2 heteroatoms. The van der Waals surface area contributed by atoms with E-state index in [1.165, 1.54) is 5.56 Å². The van der Waals surface area contributed by atoms with E-state index >= 15 is 0 Å². The van der Waals surface area contributed by atoms with Crippen LogP contribution in [0.4, 0.5) is 5.69 Å². The quantitative estimate of drug-likeness (QED) is 0.818. The molecule has 0 bridgehead atoms. The molecule has 90 valence electrons. The first-order valence-electron chi connectivity index (χ1n) is 6.19. The van der Waals surface area contributed by atoms with E-state index in [0.717, 1.165) is 16.8 Å². The third-order valence-electron chi connectivity index (χ3n) is 3.40. The minimum absolute atomic E-state index is 0.0907. The molecule has 1 unspecified atom stereocenters. The van der Waals surface area contributed by atoms with Crippen LogP contribution in [0.15, 0.2) is 48.5 Å². The van der Waals surface area contributed by atoms with Crippen molar-refractivity contribution in [1.29, 1.82) is 0 Å². The summed E-state index contributed by atoms with van der Waals surface area (Å²) in [7, 11) is 0. The van der Waals surface area contributed by atoms with Crippen molar-refractivity contribution < 1.29 is 4.79 Å². The Morgan fingerprint density at radius 3 is 2.67 bits per heavy atom. The van der Waals surface area contributed by atoms with Gasteiger partial charge in [0.05, 0.1) is 6.04 Å². The fraction of sp³-hybridized carbons (Fsp3) is 0.188.